The Hall–Kier alpha value is -1.81. The molecule has 0 unspecified atom stereocenters. The molecule has 1 N–H and O–H groups in total. The van der Waals surface area contributed by atoms with Crippen LogP contribution in [0.4, 0.5) is 0 Å². The minimum absolute atomic E-state index is 0.219. The molecule has 0 atom stereocenters. The van der Waals surface area contributed by atoms with Gasteiger partial charge in [-0.05, 0) is 18.6 Å². The van der Waals surface area contributed by atoms with Gasteiger partial charge >= 0.3 is 0 Å². The van der Waals surface area contributed by atoms with Crippen molar-refractivity contribution in [3.05, 3.63) is 52.4 Å². The van der Waals surface area contributed by atoms with Gasteiger partial charge < -0.3 is 9.84 Å². The maximum atomic E-state index is 11.8. The number of hydrogen-bond acceptors (Lipinski definition) is 3. The van der Waals surface area contributed by atoms with E-state index in [0.29, 0.717) is 22.9 Å². The van der Waals surface area contributed by atoms with Crippen molar-refractivity contribution < 1.29 is 9.32 Å². The van der Waals surface area contributed by atoms with Crippen molar-refractivity contribution in [1.29, 1.82) is 0 Å². The molecule has 17 heavy (non-hydrogen) atoms. The minimum atomic E-state index is -0.219. The molecule has 2 rings (SSSR count). The zero-order valence-electron chi connectivity index (χ0n) is 9.24. The fraction of sp³-hybridized carbons (Fsp3) is 0.167. The highest BCUT2D eigenvalue weighted by Crippen LogP contribution is 2.14. The second-order valence-electron chi connectivity index (χ2n) is 3.57. The number of carbonyl (C=O) groups is 1. The normalized spacial score (nSPS) is 10.2. The molecule has 1 heterocycles. The van der Waals surface area contributed by atoms with Gasteiger partial charge in [-0.1, -0.05) is 35.0 Å². The SMILES string of the molecule is Cc1oncc1C(=O)NCc1ccccc1Cl. The fourth-order valence-corrected chi connectivity index (χ4v) is 1.63. The highest BCUT2D eigenvalue weighted by atomic mass is 35.5. The van der Waals surface area contributed by atoms with Crippen molar-refractivity contribution >= 4 is 17.5 Å². The monoisotopic (exact) mass is 250 g/mol. The quantitative estimate of drug-likeness (QED) is 0.911. The molecule has 1 aromatic heterocycles. The maximum absolute atomic E-state index is 11.8. The zero-order valence-corrected chi connectivity index (χ0v) is 9.99. The molecule has 0 fully saturated rings. The third kappa shape index (κ3) is 2.65. The molecule has 1 aromatic carbocycles. The summed E-state index contributed by atoms with van der Waals surface area (Å²) in [5.74, 6) is 0.283. The van der Waals surface area contributed by atoms with Crippen molar-refractivity contribution in [3.63, 3.8) is 0 Å². The van der Waals surface area contributed by atoms with Crippen LogP contribution in [-0.2, 0) is 6.54 Å². The Morgan fingerprint density at radius 3 is 2.88 bits per heavy atom. The lowest BCUT2D eigenvalue weighted by Gasteiger charge is -2.05. The molecule has 0 aliphatic heterocycles. The smallest absolute Gasteiger partial charge is 0.256 e. The van der Waals surface area contributed by atoms with Crippen molar-refractivity contribution in [2.45, 2.75) is 13.5 Å². The molecule has 0 saturated carbocycles. The third-order valence-electron chi connectivity index (χ3n) is 2.39. The molecule has 0 bridgehead atoms. The lowest BCUT2D eigenvalue weighted by Crippen LogP contribution is -2.23. The molecule has 1 amide bonds. The Bertz CT molecular complexity index is 537. The predicted octanol–water partition coefficient (Wildman–Crippen LogP) is 2.57. The summed E-state index contributed by atoms with van der Waals surface area (Å²) in [4.78, 5) is 11.8. The van der Waals surface area contributed by atoms with Crippen molar-refractivity contribution in [2.24, 2.45) is 0 Å². The first-order chi connectivity index (χ1) is 8.18. The van der Waals surface area contributed by atoms with Crippen LogP contribution in [0.3, 0.4) is 0 Å². The molecule has 2 aromatic rings. The Balaban J connectivity index is 2.02. The fourth-order valence-electron chi connectivity index (χ4n) is 1.43. The summed E-state index contributed by atoms with van der Waals surface area (Å²) in [5.41, 5.74) is 1.31. The minimum Gasteiger partial charge on any atom is -0.361 e. The average molecular weight is 251 g/mol. The molecule has 0 spiro atoms. The van der Waals surface area contributed by atoms with E-state index in [9.17, 15) is 4.79 Å². The van der Waals surface area contributed by atoms with Crippen molar-refractivity contribution in [3.8, 4) is 0 Å². The first-order valence-electron chi connectivity index (χ1n) is 5.11. The van der Waals surface area contributed by atoms with E-state index in [1.54, 1.807) is 13.0 Å². The number of rotatable bonds is 3. The van der Waals surface area contributed by atoms with Gasteiger partial charge in [0.25, 0.3) is 5.91 Å². The number of carbonyl (C=O) groups excluding carboxylic acids is 1. The van der Waals surface area contributed by atoms with Gasteiger partial charge in [0.1, 0.15) is 11.3 Å². The van der Waals surface area contributed by atoms with Crippen molar-refractivity contribution in [1.82, 2.24) is 10.5 Å². The second kappa shape index (κ2) is 5.01. The van der Waals surface area contributed by atoms with E-state index >= 15 is 0 Å². The molecule has 4 nitrogen and oxygen atoms in total. The number of aryl methyl sites for hydroxylation is 1. The van der Waals surface area contributed by atoms with Crippen LogP contribution < -0.4 is 5.32 Å². The van der Waals surface area contributed by atoms with E-state index in [0.717, 1.165) is 5.56 Å². The van der Waals surface area contributed by atoms with E-state index in [2.05, 4.69) is 10.5 Å². The maximum Gasteiger partial charge on any atom is 0.256 e. The molecule has 88 valence electrons. The Morgan fingerprint density at radius 2 is 2.24 bits per heavy atom. The van der Waals surface area contributed by atoms with Crippen LogP contribution in [0.5, 0.6) is 0 Å². The van der Waals surface area contributed by atoms with E-state index in [1.165, 1.54) is 6.20 Å². The van der Waals surface area contributed by atoms with Gasteiger partial charge in [-0.2, -0.15) is 0 Å². The molecule has 0 saturated heterocycles. The highest BCUT2D eigenvalue weighted by Gasteiger charge is 2.12. The summed E-state index contributed by atoms with van der Waals surface area (Å²) in [6.45, 7) is 2.07. The third-order valence-corrected chi connectivity index (χ3v) is 2.76. The van der Waals surface area contributed by atoms with Crippen molar-refractivity contribution in [2.75, 3.05) is 0 Å². The van der Waals surface area contributed by atoms with Crippen LogP contribution in [-0.4, -0.2) is 11.1 Å². The molecular weight excluding hydrogens is 240 g/mol. The largest absolute Gasteiger partial charge is 0.361 e. The summed E-state index contributed by atoms with van der Waals surface area (Å²) in [6, 6.07) is 7.37. The summed E-state index contributed by atoms with van der Waals surface area (Å²) >= 11 is 5.98. The first kappa shape index (κ1) is 11.7. The van der Waals surface area contributed by atoms with Gasteiger partial charge in [0.15, 0.2) is 0 Å². The lowest BCUT2D eigenvalue weighted by atomic mass is 10.2. The second-order valence-corrected chi connectivity index (χ2v) is 3.98. The number of amides is 1. The predicted molar refractivity (Wildman–Crippen MR) is 63.9 cm³/mol. The highest BCUT2D eigenvalue weighted by molar-refractivity contribution is 6.31. The summed E-state index contributed by atoms with van der Waals surface area (Å²) < 4.78 is 4.82. The topological polar surface area (TPSA) is 55.1 Å². The van der Waals surface area contributed by atoms with Gasteiger partial charge in [-0.25, -0.2) is 0 Å². The summed E-state index contributed by atoms with van der Waals surface area (Å²) in [5, 5.41) is 6.95. The molecule has 5 heteroatoms. The molecular formula is C12H11ClN2O2. The van der Waals surface area contributed by atoms with E-state index in [4.69, 9.17) is 16.1 Å². The van der Waals surface area contributed by atoms with Crippen LogP contribution in [0.1, 0.15) is 21.7 Å². The van der Waals surface area contributed by atoms with E-state index in [-0.39, 0.29) is 5.91 Å². The van der Waals surface area contributed by atoms with Crippen LogP contribution in [0.25, 0.3) is 0 Å². The average Bonchev–Trinajstić information content (AvgIpc) is 2.74. The van der Waals surface area contributed by atoms with Gasteiger partial charge in [0, 0.05) is 11.6 Å². The standard InChI is InChI=1S/C12H11ClN2O2/c1-8-10(7-15-17-8)12(16)14-6-9-4-2-3-5-11(9)13/h2-5,7H,6H2,1H3,(H,14,16). The Kier molecular flexibility index (Phi) is 3.44. The molecule has 0 aliphatic rings. The van der Waals surface area contributed by atoms with Gasteiger partial charge in [0.05, 0.1) is 6.20 Å². The van der Waals surface area contributed by atoms with Crippen LogP contribution in [0.15, 0.2) is 35.0 Å². The van der Waals surface area contributed by atoms with Crippen LogP contribution in [0, 0.1) is 6.92 Å². The van der Waals surface area contributed by atoms with Crippen LogP contribution in [0.2, 0.25) is 5.02 Å². The number of nitrogens with one attached hydrogen (secondary N) is 1. The first-order valence-corrected chi connectivity index (χ1v) is 5.49. The number of nitrogens with zero attached hydrogens (tertiary/aromatic N) is 1. The zero-order chi connectivity index (χ0) is 12.3. The Morgan fingerprint density at radius 1 is 1.47 bits per heavy atom. The van der Waals surface area contributed by atoms with Gasteiger partial charge in [-0.15, -0.1) is 0 Å². The van der Waals surface area contributed by atoms with Gasteiger partial charge in [0.2, 0.25) is 0 Å². The number of aromatic nitrogens is 1. The lowest BCUT2D eigenvalue weighted by molar-refractivity contribution is 0.0949. The summed E-state index contributed by atoms with van der Waals surface area (Å²) in [6.07, 6.45) is 1.40. The number of benzene rings is 1. The van der Waals surface area contributed by atoms with E-state index < -0.39 is 0 Å². The van der Waals surface area contributed by atoms with Gasteiger partial charge in [-0.3, -0.25) is 4.79 Å². The van der Waals surface area contributed by atoms with Crippen LogP contribution >= 0.6 is 11.6 Å². The Labute approximate surface area is 104 Å². The molecule has 0 aliphatic carbocycles. The number of halogens is 1. The molecule has 0 radical (unpaired) electrons. The number of hydrogen-bond donors (Lipinski definition) is 1. The van der Waals surface area contributed by atoms with E-state index in [1.807, 2.05) is 18.2 Å². The summed E-state index contributed by atoms with van der Waals surface area (Å²) in [7, 11) is 0.